The largest absolute Gasteiger partial charge is 0.492 e. The van der Waals surface area contributed by atoms with E-state index in [0.717, 1.165) is 17.0 Å². The molecular formula is C21H20ClN3O. The van der Waals surface area contributed by atoms with Gasteiger partial charge in [0, 0.05) is 17.1 Å². The summed E-state index contributed by atoms with van der Waals surface area (Å²) in [5.74, 6) is 0.744. The summed E-state index contributed by atoms with van der Waals surface area (Å²) in [4.78, 5) is 0. The van der Waals surface area contributed by atoms with Crippen LogP contribution in [0.1, 0.15) is 22.5 Å². The van der Waals surface area contributed by atoms with E-state index in [9.17, 15) is 5.26 Å². The molecule has 5 heteroatoms. The number of hydrogen-bond acceptors (Lipinski definition) is 3. The summed E-state index contributed by atoms with van der Waals surface area (Å²) in [5, 5.41) is 10.1. The molecule has 0 aliphatic rings. The number of anilines is 1. The zero-order valence-corrected chi connectivity index (χ0v) is 15.3. The molecule has 2 aromatic carbocycles. The summed E-state index contributed by atoms with van der Waals surface area (Å²) >= 11 is 5.88. The molecule has 0 spiro atoms. The van der Waals surface area contributed by atoms with Gasteiger partial charge in [-0.3, -0.25) is 0 Å². The van der Waals surface area contributed by atoms with E-state index in [1.54, 1.807) is 18.2 Å². The van der Waals surface area contributed by atoms with Gasteiger partial charge >= 0.3 is 0 Å². The summed E-state index contributed by atoms with van der Waals surface area (Å²) in [6, 6.07) is 19.5. The van der Waals surface area contributed by atoms with E-state index in [1.807, 2.05) is 16.7 Å². The molecule has 132 valence electrons. The summed E-state index contributed by atoms with van der Waals surface area (Å²) in [6.45, 7) is 3.04. The second-order valence-electron chi connectivity index (χ2n) is 6.16. The van der Waals surface area contributed by atoms with Crippen molar-refractivity contribution in [1.29, 1.82) is 5.26 Å². The van der Waals surface area contributed by atoms with Crippen molar-refractivity contribution in [2.75, 3.05) is 12.3 Å². The van der Waals surface area contributed by atoms with Crippen LogP contribution in [0.2, 0.25) is 5.02 Å². The Morgan fingerprint density at radius 3 is 2.46 bits per heavy atom. The first kappa shape index (κ1) is 17.9. The quantitative estimate of drug-likeness (QED) is 0.695. The summed E-state index contributed by atoms with van der Waals surface area (Å²) in [6.07, 6.45) is 0.675. The van der Waals surface area contributed by atoms with Crippen molar-refractivity contribution in [2.24, 2.45) is 0 Å². The highest BCUT2D eigenvalue weighted by Crippen LogP contribution is 2.22. The monoisotopic (exact) mass is 365 g/mol. The lowest BCUT2D eigenvalue weighted by Crippen LogP contribution is -2.13. The van der Waals surface area contributed by atoms with Crippen molar-refractivity contribution in [3.63, 3.8) is 0 Å². The molecule has 0 fully saturated rings. The SMILES string of the molecule is Cc1ccc(Cc2c(N)cc(C#N)n2CCOc2ccc(Cl)cc2)cc1. The second-order valence-corrected chi connectivity index (χ2v) is 6.60. The maximum Gasteiger partial charge on any atom is 0.122 e. The van der Waals surface area contributed by atoms with Crippen molar-refractivity contribution in [1.82, 2.24) is 4.57 Å². The molecule has 0 saturated heterocycles. The van der Waals surface area contributed by atoms with Gasteiger partial charge in [-0.1, -0.05) is 41.4 Å². The Morgan fingerprint density at radius 2 is 1.81 bits per heavy atom. The molecule has 0 radical (unpaired) electrons. The van der Waals surface area contributed by atoms with E-state index in [2.05, 4.69) is 37.3 Å². The fourth-order valence-electron chi connectivity index (χ4n) is 2.84. The molecule has 0 bridgehead atoms. The van der Waals surface area contributed by atoms with Crippen molar-refractivity contribution < 1.29 is 4.74 Å². The van der Waals surface area contributed by atoms with E-state index in [-0.39, 0.29) is 0 Å². The number of rotatable bonds is 6. The third kappa shape index (κ3) is 4.19. The lowest BCUT2D eigenvalue weighted by molar-refractivity contribution is 0.296. The number of nitrogen functional groups attached to an aromatic ring is 1. The smallest absolute Gasteiger partial charge is 0.122 e. The minimum absolute atomic E-state index is 0.436. The Balaban J connectivity index is 1.75. The van der Waals surface area contributed by atoms with Gasteiger partial charge in [-0.15, -0.1) is 0 Å². The number of benzene rings is 2. The van der Waals surface area contributed by atoms with E-state index in [4.69, 9.17) is 22.1 Å². The van der Waals surface area contributed by atoms with E-state index >= 15 is 0 Å². The number of ether oxygens (including phenoxy) is 1. The van der Waals surface area contributed by atoms with Crippen LogP contribution in [0.3, 0.4) is 0 Å². The fourth-order valence-corrected chi connectivity index (χ4v) is 2.97. The Kier molecular flexibility index (Phi) is 5.50. The van der Waals surface area contributed by atoms with Gasteiger partial charge in [-0.25, -0.2) is 0 Å². The van der Waals surface area contributed by atoms with Gasteiger partial charge < -0.3 is 15.0 Å². The summed E-state index contributed by atoms with van der Waals surface area (Å²) in [7, 11) is 0. The molecule has 0 aliphatic carbocycles. The predicted molar refractivity (Wildman–Crippen MR) is 104 cm³/mol. The molecule has 0 atom stereocenters. The topological polar surface area (TPSA) is 64.0 Å². The van der Waals surface area contributed by atoms with Gasteiger partial charge in [0.25, 0.3) is 0 Å². The van der Waals surface area contributed by atoms with Crippen LogP contribution >= 0.6 is 11.6 Å². The van der Waals surface area contributed by atoms with Crippen molar-refractivity contribution >= 4 is 17.3 Å². The lowest BCUT2D eigenvalue weighted by Gasteiger charge is -2.13. The third-order valence-electron chi connectivity index (χ3n) is 4.25. The van der Waals surface area contributed by atoms with Crippen LogP contribution in [0, 0.1) is 18.3 Å². The molecule has 1 heterocycles. The number of aromatic nitrogens is 1. The molecule has 0 unspecified atom stereocenters. The molecule has 0 aliphatic heterocycles. The first-order chi connectivity index (χ1) is 12.6. The van der Waals surface area contributed by atoms with E-state index < -0.39 is 0 Å². The highest BCUT2D eigenvalue weighted by Gasteiger charge is 2.14. The number of nitriles is 1. The second kappa shape index (κ2) is 7.99. The average molecular weight is 366 g/mol. The highest BCUT2D eigenvalue weighted by molar-refractivity contribution is 6.30. The van der Waals surface area contributed by atoms with Crippen LogP contribution < -0.4 is 10.5 Å². The Morgan fingerprint density at radius 1 is 1.12 bits per heavy atom. The van der Waals surface area contributed by atoms with E-state index in [0.29, 0.717) is 36.0 Å². The lowest BCUT2D eigenvalue weighted by atomic mass is 10.1. The molecule has 1 aromatic heterocycles. The van der Waals surface area contributed by atoms with Crippen LogP contribution in [0.25, 0.3) is 0 Å². The predicted octanol–water partition coefficient (Wildman–Crippen LogP) is 4.57. The molecule has 4 nitrogen and oxygen atoms in total. The zero-order valence-electron chi connectivity index (χ0n) is 14.6. The van der Waals surface area contributed by atoms with Gasteiger partial charge in [0.2, 0.25) is 0 Å². The summed E-state index contributed by atoms with van der Waals surface area (Å²) in [5.41, 5.74) is 10.7. The number of aryl methyl sites for hydroxylation is 1. The Bertz CT molecular complexity index is 922. The Hall–Kier alpha value is -2.90. The Labute approximate surface area is 158 Å². The fraction of sp³-hybridized carbons (Fsp3) is 0.190. The van der Waals surface area contributed by atoms with Crippen LogP contribution in [-0.4, -0.2) is 11.2 Å². The van der Waals surface area contributed by atoms with Gasteiger partial charge in [-0.05, 0) is 42.8 Å². The highest BCUT2D eigenvalue weighted by atomic mass is 35.5. The molecule has 2 N–H and O–H groups in total. The minimum atomic E-state index is 0.436. The molecule has 0 amide bonds. The summed E-state index contributed by atoms with van der Waals surface area (Å²) < 4.78 is 7.70. The average Bonchev–Trinajstić information content (AvgIpc) is 2.94. The first-order valence-corrected chi connectivity index (χ1v) is 8.76. The van der Waals surface area contributed by atoms with Crippen LogP contribution in [0.15, 0.2) is 54.6 Å². The molecule has 3 rings (SSSR count). The maximum absolute atomic E-state index is 9.42. The van der Waals surface area contributed by atoms with Gasteiger partial charge in [0.15, 0.2) is 0 Å². The molecule has 3 aromatic rings. The number of nitrogens with two attached hydrogens (primary N) is 1. The van der Waals surface area contributed by atoms with Gasteiger partial charge in [0.05, 0.1) is 12.2 Å². The standard InChI is InChI=1S/C21H20ClN3O/c1-15-2-4-16(5-3-15)12-21-20(24)13-18(14-23)25(21)10-11-26-19-8-6-17(22)7-9-19/h2-9,13H,10-12,24H2,1H3. The molecular weight excluding hydrogens is 346 g/mol. The van der Waals surface area contributed by atoms with Crippen LogP contribution in [-0.2, 0) is 13.0 Å². The normalized spacial score (nSPS) is 10.5. The van der Waals surface area contributed by atoms with Crippen molar-refractivity contribution in [3.05, 3.63) is 82.1 Å². The van der Waals surface area contributed by atoms with Gasteiger partial charge in [0.1, 0.15) is 24.1 Å². The van der Waals surface area contributed by atoms with Gasteiger partial charge in [-0.2, -0.15) is 5.26 Å². The first-order valence-electron chi connectivity index (χ1n) is 8.38. The molecule has 0 saturated carbocycles. The molecule has 26 heavy (non-hydrogen) atoms. The third-order valence-corrected chi connectivity index (χ3v) is 4.50. The number of nitrogens with zero attached hydrogens (tertiary/aromatic N) is 2. The maximum atomic E-state index is 9.42. The van der Waals surface area contributed by atoms with E-state index in [1.165, 1.54) is 5.56 Å². The number of halogens is 1. The zero-order chi connectivity index (χ0) is 18.5. The van der Waals surface area contributed by atoms with Crippen LogP contribution in [0.4, 0.5) is 5.69 Å². The van der Waals surface area contributed by atoms with Crippen molar-refractivity contribution in [3.8, 4) is 11.8 Å². The number of hydrogen-bond donors (Lipinski definition) is 1. The minimum Gasteiger partial charge on any atom is -0.492 e. The van der Waals surface area contributed by atoms with Crippen molar-refractivity contribution in [2.45, 2.75) is 19.9 Å². The van der Waals surface area contributed by atoms with Crippen LogP contribution in [0.5, 0.6) is 5.75 Å².